The number of nitrogens with zero attached hydrogens (tertiary/aromatic N) is 2. The van der Waals surface area contributed by atoms with E-state index in [-0.39, 0.29) is 0 Å². The van der Waals surface area contributed by atoms with Gasteiger partial charge in [0.15, 0.2) is 0 Å². The van der Waals surface area contributed by atoms with Crippen molar-refractivity contribution in [2.75, 3.05) is 7.11 Å². The van der Waals surface area contributed by atoms with E-state index < -0.39 is 0 Å². The molecule has 2 N–H and O–H groups in total. The van der Waals surface area contributed by atoms with E-state index in [0.29, 0.717) is 11.7 Å². The van der Waals surface area contributed by atoms with Crippen molar-refractivity contribution in [3.63, 3.8) is 0 Å². The third-order valence-electron chi connectivity index (χ3n) is 1.71. The van der Waals surface area contributed by atoms with Crippen LogP contribution in [0.1, 0.15) is 19.8 Å². The average molecular weight is 193 g/mol. The van der Waals surface area contributed by atoms with Crippen LogP contribution in [0, 0.1) is 0 Å². The van der Waals surface area contributed by atoms with Gasteiger partial charge >= 0.3 is 0 Å². The van der Waals surface area contributed by atoms with Gasteiger partial charge in [0.2, 0.25) is 5.88 Å². The first-order chi connectivity index (χ1) is 6.76. The number of hydrogen-bond donors (Lipinski definition) is 1. The van der Waals surface area contributed by atoms with Crippen LogP contribution in [0.3, 0.4) is 0 Å². The Morgan fingerprint density at radius 2 is 2.43 bits per heavy atom. The zero-order valence-corrected chi connectivity index (χ0v) is 8.53. The summed E-state index contributed by atoms with van der Waals surface area (Å²) >= 11 is 0. The normalized spacial score (nSPS) is 11.4. The molecule has 1 aromatic rings. The lowest BCUT2D eigenvalue weighted by Gasteiger charge is -2.00. The van der Waals surface area contributed by atoms with Crippen molar-refractivity contribution in [3.05, 3.63) is 18.3 Å². The molecule has 1 heterocycles. The standard InChI is InChI=1S/C10H15N3O/c1-3-4-9(11)13-8-5-6-12-10(7-8)14-2/h5-7H,3-4H2,1-2H3,(H2,11,12,13). The lowest BCUT2D eigenvalue weighted by Crippen LogP contribution is -2.09. The average Bonchev–Trinajstić information content (AvgIpc) is 2.18. The number of amidine groups is 1. The van der Waals surface area contributed by atoms with Crippen molar-refractivity contribution in [1.82, 2.24) is 4.98 Å². The molecule has 14 heavy (non-hydrogen) atoms. The van der Waals surface area contributed by atoms with Crippen LogP contribution in [0.25, 0.3) is 0 Å². The Balaban J connectivity index is 2.80. The van der Waals surface area contributed by atoms with Gasteiger partial charge in [-0.3, -0.25) is 0 Å². The lowest BCUT2D eigenvalue weighted by molar-refractivity contribution is 0.398. The first kappa shape index (κ1) is 10.5. The summed E-state index contributed by atoms with van der Waals surface area (Å²) in [4.78, 5) is 8.21. The molecule has 0 aliphatic heterocycles. The number of aliphatic imine (C=N–C) groups is 1. The van der Waals surface area contributed by atoms with Crippen LogP contribution in [-0.4, -0.2) is 17.9 Å². The molecule has 0 saturated carbocycles. The molecule has 0 saturated heterocycles. The van der Waals surface area contributed by atoms with Crippen LogP contribution in [-0.2, 0) is 0 Å². The zero-order valence-electron chi connectivity index (χ0n) is 8.53. The molecular formula is C10H15N3O. The maximum atomic E-state index is 5.70. The van der Waals surface area contributed by atoms with Crippen molar-refractivity contribution < 1.29 is 4.74 Å². The van der Waals surface area contributed by atoms with Gasteiger partial charge in [-0.2, -0.15) is 0 Å². The van der Waals surface area contributed by atoms with Gasteiger partial charge in [-0.15, -0.1) is 0 Å². The highest BCUT2D eigenvalue weighted by molar-refractivity contribution is 5.83. The second kappa shape index (κ2) is 5.21. The third kappa shape index (κ3) is 3.05. The van der Waals surface area contributed by atoms with E-state index in [2.05, 4.69) is 16.9 Å². The molecule has 0 spiro atoms. The number of hydrogen-bond acceptors (Lipinski definition) is 3. The van der Waals surface area contributed by atoms with Crippen LogP contribution < -0.4 is 10.5 Å². The molecule has 0 bridgehead atoms. The molecule has 0 amide bonds. The summed E-state index contributed by atoms with van der Waals surface area (Å²) in [5.41, 5.74) is 6.48. The highest BCUT2D eigenvalue weighted by Gasteiger charge is 1.96. The van der Waals surface area contributed by atoms with Gasteiger partial charge < -0.3 is 10.5 Å². The molecule has 0 aliphatic rings. The van der Waals surface area contributed by atoms with Crippen molar-refractivity contribution in [3.8, 4) is 5.88 Å². The summed E-state index contributed by atoms with van der Waals surface area (Å²) in [6.07, 6.45) is 3.46. The minimum absolute atomic E-state index is 0.551. The van der Waals surface area contributed by atoms with Crippen LogP contribution in [0.5, 0.6) is 5.88 Å². The first-order valence-electron chi connectivity index (χ1n) is 4.59. The van der Waals surface area contributed by atoms with Gasteiger partial charge in [-0.25, -0.2) is 9.98 Å². The quantitative estimate of drug-likeness (QED) is 0.586. The summed E-state index contributed by atoms with van der Waals surface area (Å²) in [7, 11) is 1.57. The molecule has 76 valence electrons. The second-order valence-electron chi connectivity index (χ2n) is 2.91. The Morgan fingerprint density at radius 3 is 3.07 bits per heavy atom. The number of rotatable bonds is 4. The Hall–Kier alpha value is -1.58. The van der Waals surface area contributed by atoms with Crippen molar-refractivity contribution >= 4 is 11.5 Å². The Bertz CT molecular complexity index is 323. The Morgan fingerprint density at radius 1 is 1.64 bits per heavy atom. The molecule has 1 aromatic heterocycles. The van der Waals surface area contributed by atoms with Gasteiger partial charge in [0.25, 0.3) is 0 Å². The van der Waals surface area contributed by atoms with E-state index in [4.69, 9.17) is 10.5 Å². The van der Waals surface area contributed by atoms with Gasteiger partial charge in [0, 0.05) is 18.7 Å². The fourth-order valence-electron chi connectivity index (χ4n) is 1.06. The molecule has 4 heteroatoms. The largest absolute Gasteiger partial charge is 0.481 e. The van der Waals surface area contributed by atoms with Gasteiger partial charge in [-0.1, -0.05) is 6.92 Å². The topological polar surface area (TPSA) is 60.5 Å². The van der Waals surface area contributed by atoms with Crippen LogP contribution in [0.4, 0.5) is 5.69 Å². The summed E-state index contributed by atoms with van der Waals surface area (Å²) in [6.45, 7) is 2.06. The van der Waals surface area contributed by atoms with Crippen molar-refractivity contribution in [2.45, 2.75) is 19.8 Å². The summed E-state index contributed by atoms with van der Waals surface area (Å²) in [5.74, 6) is 1.19. The maximum absolute atomic E-state index is 5.70. The predicted molar refractivity (Wildman–Crippen MR) is 57.0 cm³/mol. The van der Waals surface area contributed by atoms with Gasteiger partial charge in [0.1, 0.15) is 0 Å². The smallest absolute Gasteiger partial charge is 0.215 e. The molecule has 4 nitrogen and oxygen atoms in total. The van der Waals surface area contributed by atoms with Crippen molar-refractivity contribution in [2.24, 2.45) is 10.7 Å². The number of pyridine rings is 1. The maximum Gasteiger partial charge on any atom is 0.215 e. The third-order valence-corrected chi connectivity index (χ3v) is 1.71. The summed E-state index contributed by atoms with van der Waals surface area (Å²) in [6, 6.07) is 3.55. The predicted octanol–water partition coefficient (Wildman–Crippen LogP) is 1.88. The SMILES string of the molecule is CCCC(N)=Nc1ccnc(OC)c1. The molecular weight excluding hydrogens is 178 g/mol. The minimum atomic E-state index is 0.551. The fourth-order valence-corrected chi connectivity index (χ4v) is 1.06. The summed E-state index contributed by atoms with van der Waals surface area (Å²) in [5, 5.41) is 0. The number of methoxy groups -OCH3 is 1. The van der Waals surface area contributed by atoms with Crippen LogP contribution in [0.2, 0.25) is 0 Å². The molecule has 0 aliphatic carbocycles. The van der Waals surface area contributed by atoms with Crippen molar-refractivity contribution in [1.29, 1.82) is 0 Å². The van der Waals surface area contributed by atoms with E-state index in [1.807, 2.05) is 0 Å². The summed E-state index contributed by atoms with van der Waals surface area (Å²) < 4.78 is 4.98. The van der Waals surface area contributed by atoms with E-state index in [9.17, 15) is 0 Å². The number of aromatic nitrogens is 1. The van der Waals surface area contributed by atoms with E-state index in [0.717, 1.165) is 18.5 Å². The first-order valence-corrected chi connectivity index (χ1v) is 4.59. The Kier molecular flexibility index (Phi) is 3.91. The lowest BCUT2D eigenvalue weighted by atomic mass is 10.3. The minimum Gasteiger partial charge on any atom is -0.481 e. The fraction of sp³-hybridized carbons (Fsp3) is 0.400. The van der Waals surface area contributed by atoms with Gasteiger partial charge in [0.05, 0.1) is 18.6 Å². The van der Waals surface area contributed by atoms with E-state index in [1.54, 1.807) is 25.4 Å². The molecule has 0 unspecified atom stereocenters. The number of ether oxygens (including phenoxy) is 1. The van der Waals surface area contributed by atoms with Crippen LogP contribution in [0.15, 0.2) is 23.3 Å². The molecule has 0 fully saturated rings. The van der Waals surface area contributed by atoms with Gasteiger partial charge in [-0.05, 0) is 12.5 Å². The highest BCUT2D eigenvalue weighted by atomic mass is 16.5. The zero-order chi connectivity index (χ0) is 10.4. The highest BCUT2D eigenvalue weighted by Crippen LogP contribution is 2.16. The second-order valence-corrected chi connectivity index (χ2v) is 2.91. The molecule has 1 rings (SSSR count). The molecule has 0 radical (unpaired) electrons. The van der Waals surface area contributed by atoms with Crippen LogP contribution >= 0.6 is 0 Å². The molecule has 0 atom stereocenters. The molecule has 0 aromatic carbocycles. The van der Waals surface area contributed by atoms with E-state index >= 15 is 0 Å². The van der Waals surface area contributed by atoms with E-state index in [1.165, 1.54) is 0 Å². The monoisotopic (exact) mass is 193 g/mol. The number of nitrogens with two attached hydrogens (primary N) is 1. The Labute approximate surface area is 83.8 Å².